The molecule has 6 nitrogen and oxygen atoms in total. The standard InChI is InChI=1S/C22H20N4O2/c27-21(18-12-6-2-7-13-18)23-16-20(17-10-4-1-5-11-17)25-26-22(28)24-19-14-8-3-9-15-19/h1-15H,16H2,(H,23,27)(H2,24,26,28)/b25-20-. The van der Waals surface area contributed by atoms with E-state index < -0.39 is 6.03 Å². The first-order valence-corrected chi connectivity index (χ1v) is 8.79. The van der Waals surface area contributed by atoms with Gasteiger partial charge in [-0.3, -0.25) is 4.79 Å². The highest BCUT2D eigenvalue weighted by Crippen LogP contribution is 2.05. The summed E-state index contributed by atoms with van der Waals surface area (Å²) in [5.74, 6) is -0.210. The van der Waals surface area contributed by atoms with Gasteiger partial charge < -0.3 is 10.6 Å². The lowest BCUT2D eigenvalue weighted by Crippen LogP contribution is -2.32. The second-order valence-electron chi connectivity index (χ2n) is 5.91. The van der Waals surface area contributed by atoms with Gasteiger partial charge in [0.1, 0.15) is 0 Å². The Labute approximate surface area is 163 Å². The summed E-state index contributed by atoms with van der Waals surface area (Å²) >= 11 is 0. The van der Waals surface area contributed by atoms with Crippen LogP contribution in [0.4, 0.5) is 10.5 Å². The van der Waals surface area contributed by atoms with Gasteiger partial charge in [-0.2, -0.15) is 5.10 Å². The Hall–Kier alpha value is -3.93. The van der Waals surface area contributed by atoms with Gasteiger partial charge in [-0.15, -0.1) is 0 Å². The second kappa shape index (κ2) is 9.68. The van der Waals surface area contributed by atoms with Crippen molar-refractivity contribution in [1.82, 2.24) is 10.7 Å². The van der Waals surface area contributed by atoms with Gasteiger partial charge in [-0.1, -0.05) is 66.7 Å². The van der Waals surface area contributed by atoms with Crippen molar-refractivity contribution in [2.75, 3.05) is 11.9 Å². The molecule has 0 bridgehead atoms. The normalized spacial score (nSPS) is 10.8. The molecule has 0 aliphatic heterocycles. The number of benzene rings is 3. The van der Waals surface area contributed by atoms with Crippen molar-refractivity contribution < 1.29 is 9.59 Å². The third kappa shape index (κ3) is 5.54. The van der Waals surface area contributed by atoms with Crippen LogP contribution in [0.15, 0.2) is 96.1 Å². The summed E-state index contributed by atoms with van der Waals surface area (Å²) in [6.07, 6.45) is 0. The van der Waals surface area contributed by atoms with Crippen LogP contribution in [0.1, 0.15) is 15.9 Å². The van der Waals surface area contributed by atoms with Gasteiger partial charge in [0.05, 0.1) is 12.3 Å². The van der Waals surface area contributed by atoms with Crippen LogP contribution in [0.3, 0.4) is 0 Å². The van der Waals surface area contributed by atoms with Crippen LogP contribution >= 0.6 is 0 Å². The molecule has 0 atom stereocenters. The quantitative estimate of drug-likeness (QED) is 0.456. The summed E-state index contributed by atoms with van der Waals surface area (Å²) < 4.78 is 0. The van der Waals surface area contributed by atoms with Crippen LogP contribution in [0.25, 0.3) is 0 Å². The molecule has 0 heterocycles. The maximum absolute atomic E-state index is 12.3. The molecule has 3 aromatic carbocycles. The molecule has 0 spiro atoms. The van der Waals surface area contributed by atoms with E-state index in [0.29, 0.717) is 17.0 Å². The fourth-order valence-corrected chi connectivity index (χ4v) is 2.49. The maximum Gasteiger partial charge on any atom is 0.339 e. The van der Waals surface area contributed by atoms with E-state index in [2.05, 4.69) is 21.2 Å². The molecule has 3 N–H and O–H groups in total. The Bertz CT molecular complexity index is 942. The second-order valence-corrected chi connectivity index (χ2v) is 5.91. The molecule has 140 valence electrons. The molecule has 0 saturated heterocycles. The van der Waals surface area contributed by atoms with E-state index in [9.17, 15) is 9.59 Å². The molecular weight excluding hydrogens is 352 g/mol. The van der Waals surface area contributed by atoms with Gasteiger partial charge in [0, 0.05) is 11.3 Å². The molecule has 0 aliphatic rings. The van der Waals surface area contributed by atoms with E-state index in [1.807, 2.05) is 54.6 Å². The third-order valence-electron chi connectivity index (χ3n) is 3.88. The highest BCUT2D eigenvalue weighted by atomic mass is 16.2. The fourth-order valence-electron chi connectivity index (χ4n) is 2.49. The first-order valence-electron chi connectivity index (χ1n) is 8.79. The van der Waals surface area contributed by atoms with Crippen molar-refractivity contribution in [2.24, 2.45) is 5.10 Å². The number of hydrogen-bond acceptors (Lipinski definition) is 3. The number of hydrogen-bond donors (Lipinski definition) is 3. The monoisotopic (exact) mass is 372 g/mol. The topological polar surface area (TPSA) is 82.6 Å². The summed E-state index contributed by atoms with van der Waals surface area (Å²) in [4.78, 5) is 24.4. The van der Waals surface area contributed by atoms with Crippen molar-refractivity contribution in [3.05, 3.63) is 102 Å². The zero-order valence-corrected chi connectivity index (χ0v) is 15.1. The van der Waals surface area contributed by atoms with E-state index in [4.69, 9.17) is 0 Å². The Balaban J connectivity index is 1.67. The molecule has 0 aliphatic carbocycles. The molecule has 0 radical (unpaired) electrons. The van der Waals surface area contributed by atoms with Gasteiger partial charge in [0.15, 0.2) is 0 Å². The lowest BCUT2D eigenvalue weighted by molar-refractivity contribution is 0.0959. The maximum atomic E-state index is 12.3. The number of nitrogens with zero attached hydrogens (tertiary/aromatic N) is 1. The minimum absolute atomic E-state index is 0.170. The lowest BCUT2D eigenvalue weighted by atomic mass is 10.1. The predicted octanol–water partition coefficient (Wildman–Crippen LogP) is 3.64. The Morgan fingerprint density at radius 1 is 0.714 bits per heavy atom. The van der Waals surface area contributed by atoms with Gasteiger partial charge in [-0.25, -0.2) is 10.2 Å². The number of hydrazone groups is 1. The van der Waals surface area contributed by atoms with Crippen LogP contribution in [0, 0.1) is 0 Å². The lowest BCUT2D eigenvalue weighted by Gasteiger charge is -2.10. The van der Waals surface area contributed by atoms with Crippen LogP contribution in [-0.4, -0.2) is 24.2 Å². The minimum Gasteiger partial charge on any atom is -0.346 e. The molecule has 28 heavy (non-hydrogen) atoms. The Morgan fingerprint density at radius 2 is 1.25 bits per heavy atom. The minimum atomic E-state index is -0.464. The van der Waals surface area contributed by atoms with Crippen LogP contribution in [-0.2, 0) is 0 Å². The third-order valence-corrected chi connectivity index (χ3v) is 3.88. The number of anilines is 1. The van der Waals surface area contributed by atoms with Crippen molar-refractivity contribution in [3.63, 3.8) is 0 Å². The average molecular weight is 372 g/mol. The highest BCUT2D eigenvalue weighted by Gasteiger charge is 2.09. The smallest absolute Gasteiger partial charge is 0.339 e. The van der Waals surface area contributed by atoms with Crippen molar-refractivity contribution in [2.45, 2.75) is 0 Å². The van der Waals surface area contributed by atoms with Gasteiger partial charge >= 0.3 is 6.03 Å². The SMILES string of the molecule is O=C(N/N=C(/CNC(=O)c1ccccc1)c1ccccc1)Nc1ccccc1. The summed E-state index contributed by atoms with van der Waals surface area (Å²) in [6, 6.07) is 26.9. The summed E-state index contributed by atoms with van der Waals surface area (Å²) in [5.41, 5.74) is 5.04. The van der Waals surface area contributed by atoms with Crippen LogP contribution < -0.4 is 16.1 Å². The number of nitrogens with one attached hydrogen (secondary N) is 3. The van der Waals surface area contributed by atoms with Gasteiger partial charge in [-0.05, 0) is 29.8 Å². The molecule has 3 rings (SSSR count). The predicted molar refractivity (Wildman–Crippen MR) is 110 cm³/mol. The van der Waals surface area contributed by atoms with Crippen molar-refractivity contribution in [1.29, 1.82) is 0 Å². The van der Waals surface area contributed by atoms with E-state index in [1.165, 1.54) is 0 Å². The first kappa shape index (κ1) is 18.8. The van der Waals surface area contributed by atoms with E-state index in [0.717, 1.165) is 5.56 Å². The molecule has 3 amide bonds. The molecule has 3 aromatic rings. The number of carbonyl (C=O) groups excluding carboxylic acids is 2. The number of urea groups is 1. The molecule has 0 unspecified atom stereocenters. The molecular formula is C22H20N4O2. The number of para-hydroxylation sites is 1. The van der Waals surface area contributed by atoms with Gasteiger partial charge in [0.2, 0.25) is 0 Å². The molecule has 0 fully saturated rings. The van der Waals surface area contributed by atoms with E-state index in [1.54, 1.807) is 36.4 Å². The van der Waals surface area contributed by atoms with Crippen molar-refractivity contribution >= 4 is 23.3 Å². The Kier molecular flexibility index (Phi) is 6.52. The number of rotatable bonds is 6. The van der Waals surface area contributed by atoms with Crippen LogP contribution in [0.5, 0.6) is 0 Å². The van der Waals surface area contributed by atoms with Crippen LogP contribution in [0.2, 0.25) is 0 Å². The average Bonchev–Trinajstić information content (AvgIpc) is 2.75. The summed E-state index contributed by atoms with van der Waals surface area (Å²) in [6.45, 7) is 0.170. The molecule has 0 aromatic heterocycles. The van der Waals surface area contributed by atoms with E-state index >= 15 is 0 Å². The number of carbonyl (C=O) groups is 2. The number of amides is 3. The first-order chi connectivity index (χ1) is 13.7. The molecule has 6 heteroatoms. The van der Waals surface area contributed by atoms with E-state index in [-0.39, 0.29) is 12.5 Å². The van der Waals surface area contributed by atoms with Crippen molar-refractivity contribution in [3.8, 4) is 0 Å². The summed E-state index contributed by atoms with van der Waals surface area (Å²) in [5, 5.41) is 9.72. The Morgan fingerprint density at radius 3 is 1.86 bits per heavy atom. The fraction of sp³-hybridized carbons (Fsp3) is 0.0455. The summed E-state index contributed by atoms with van der Waals surface area (Å²) in [7, 11) is 0. The molecule has 0 saturated carbocycles. The van der Waals surface area contributed by atoms with Gasteiger partial charge in [0.25, 0.3) is 5.91 Å². The highest BCUT2D eigenvalue weighted by molar-refractivity contribution is 6.05. The largest absolute Gasteiger partial charge is 0.346 e. The zero-order valence-electron chi connectivity index (χ0n) is 15.1. The zero-order chi connectivity index (χ0) is 19.6.